The molecule has 0 saturated heterocycles. The van der Waals surface area contributed by atoms with Crippen LogP contribution in [0, 0.1) is 29.5 Å². The quantitative estimate of drug-likeness (QED) is 0.351. The minimum atomic E-state index is -2.78. The number of nitrogens with two attached hydrogens (primary N) is 1. The number of aliphatic hydroxyl groups is 1. The average molecular weight is 578 g/mol. The fourth-order valence-electron chi connectivity index (χ4n) is 6.96. The van der Waals surface area contributed by atoms with Gasteiger partial charge in [0.1, 0.15) is 11.6 Å². The largest absolute Gasteiger partial charge is 0.507 e. The summed E-state index contributed by atoms with van der Waals surface area (Å²) in [6.45, 7) is 0. The molecule has 5 rings (SSSR count). The number of aromatic hydroxyl groups is 1. The van der Waals surface area contributed by atoms with Crippen molar-refractivity contribution in [2.24, 2.45) is 29.4 Å². The van der Waals surface area contributed by atoms with Gasteiger partial charge in [0.2, 0.25) is 5.91 Å². The van der Waals surface area contributed by atoms with Crippen molar-refractivity contribution in [1.29, 1.82) is 0 Å². The van der Waals surface area contributed by atoms with Gasteiger partial charge < -0.3 is 20.8 Å². The van der Waals surface area contributed by atoms with Gasteiger partial charge in [-0.2, -0.15) is 0 Å². The van der Waals surface area contributed by atoms with E-state index in [1.807, 2.05) is 0 Å². The maximum absolute atomic E-state index is 14.1. The van der Waals surface area contributed by atoms with Gasteiger partial charge in [0.25, 0.3) is 0 Å². The minimum absolute atomic E-state index is 0.0241. The number of nitrogens with zero attached hydrogens (tertiary/aromatic N) is 2. The molecule has 4 N–H and O–H groups in total. The van der Waals surface area contributed by atoms with Crippen molar-refractivity contribution in [2.45, 2.75) is 24.5 Å². The molecule has 11 heteroatoms. The van der Waals surface area contributed by atoms with Gasteiger partial charge in [-0.1, -0.05) is 24.3 Å². The molecule has 0 bridgehead atoms. The zero-order valence-electron chi connectivity index (χ0n) is 23.6. The second-order valence-electron chi connectivity index (χ2n) is 11.8. The van der Waals surface area contributed by atoms with Crippen LogP contribution in [0.25, 0.3) is 12.2 Å². The van der Waals surface area contributed by atoms with Crippen LogP contribution in [0.3, 0.4) is 0 Å². The summed E-state index contributed by atoms with van der Waals surface area (Å²) in [4.78, 5) is 70.2. The lowest BCUT2D eigenvalue weighted by Gasteiger charge is -2.52. The van der Waals surface area contributed by atoms with Crippen LogP contribution in [-0.2, 0) is 25.6 Å². The van der Waals surface area contributed by atoms with Crippen molar-refractivity contribution in [3.05, 3.63) is 58.4 Å². The number of halogens is 1. The van der Waals surface area contributed by atoms with E-state index in [1.54, 1.807) is 49.3 Å². The normalized spacial score (nSPS) is 29.0. The smallest absolute Gasteiger partial charge is 0.235 e. The number of hydrogen-bond acceptors (Lipinski definition) is 9. The molecule has 0 spiro atoms. The molecule has 0 heterocycles. The molecule has 3 aliphatic rings. The number of ketones is 4. The molecule has 42 heavy (non-hydrogen) atoms. The Bertz CT molecular complexity index is 1570. The highest BCUT2D eigenvalue weighted by atomic mass is 19.1. The van der Waals surface area contributed by atoms with Gasteiger partial charge >= 0.3 is 0 Å². The fourth-order valence-corrected chi connectivity index (χ4v) is 6.96. The van der Waals surface area contributed by atoms with Crippen molar-refractivity contribution >= 4 is 46.9 Å². The van der Waals surface area contributed by atoms with E-state index in [1.165, 1.54) is 31.1 Å². The molecule has 3 aliphatic carbocycles. The molecule has 6 atom stereocenters. The Kier molecular flexibility index (Phi) is 7.14. The van der Waals surface area contributed by atoms with E-state index in [2.05, 4.69) is 0 Å². The predicted molar refractivity (Wildman–Crippen MR) is 151 cm³/mol. The van der Waals surface area contributed by atoms with E-state index in [-0.39, 0.29) is 29.7 Å². The number of phenolic OH excluding ortho intramolecular Hbond substituents is 1. The maximum atomic E-state index is 14.1. The molecule has 0 radical (unpaired) electrons. The molecule has 2 saturated carbocycles. The lowest BCUT2D eigenvalue weighted by atomic mass is 9.52. The third-order valence-electron chi connectivity index (χ3n) is 8.87. The van der Waals surface area contributed by atoms with E-state index >= 15 is 0 Å². The first-order chi connectivity index (χ1) is 19.7. The van der Waals surface area contributed by atoms with Crippen LogP contribution in [0.15, 0.2) is 30.3 Å². The minimum Gasteiger partial charge on any atom is -0.507 e. The monoisotopic (exact) mass is 577 g/mol. The number of likely N-dealkylation sites (N-methyl/N-ethyl adjacent to an activating group) is 1. The van der Waals surface area contributed by atoms with Gasteiger partial charge in [-0.15, -0.1) is 0 Å². The first-order valence-corrected chi connectivity index (χ1v) is 13.5. The number of primary amides is 1. The van der Waals surface area contributed by atoms with Gasteiger partial charge in [0, 0.05) is 31.3 Å². The molecule has 220 valence electrons. The second-order valence-corrected chi connectivity index (χ2v) is 11.8. The van der Waals surface area contributed by atoms with E-state index in [0.29, 0.717) is 16.8 Å². The number of anilines is 1. The highest BCUT2D eigenvalue weighted by molar-refractivity contribution is 6.32. The first kappa shape index (κ1) is 29.3. The molecule has 2 aromatic carbocycles. The number of hydrogen-bond donors (Lipinski definition) is 3. The summed E-state index contributed by atoms with van der Waals surface area (Å²) in [6, 6.07) is 6.22. The summed E-state index contributed by atoms with van der Waals surface area (Å²) >= 11 is 0. The van der Waals surface area contributed by atoms with E-state index in [9.17, 15) is 38.6 Å². The SMILES string of the molecule is CN(C)c1cc(/C=C/c2ccc(F)cc2)c(O)c2c1C[C@@H]1C[C@@H]3[C@@H](N(C)C)C(=O)C(C(N)=O)C(=O)[C@]3(O)C(=O)C1C2=O. The van der Waals surface area contributed by atoms with Gasteiger partial charge in [-0.25, -0.2) is 4.39 Å². The third-order valence-corrected chi connectivity index (χ3v) is 8.87. The predicted octanol–water partition coefficient (Wildman–Crippen LogP) is 1.24. The van der Waals surface area contributed by atoms with Crippen LogP contribution in [0.2, 0.25) is 0 Å². The lowest BCUT2D eigenvalue weighted by molar-refractivity contribution is -0.181. The molecular formula is C31H32FN3O7. The van der Waals surface area contributed by atoms with Gasteiger partial charge in [-0.3, -0.25) is 28.9 Å². The number of carbonyl (C=O) groups is 5. The van der Waals surface area contributed by atoms with E-state index in [0.717, 1.165) is 0 Å². The summed E-state index contributed by atoms with van der Waals surface area (Å²) in [5.74, 6) is -11.4. The van der Waals surface area contributed by atoms with Gasteiger partial charge in [-0.05, 0) is 62.2 Å². The van der Waals surface area contributed by atoms with Crippen molar-refractivity contribution in [3.8, 4) is 5.75 Å². The van der Waals surface area contributed by atoms with Gasteiger partial charge in [0.05, 0.1) is 17.5 Å². The molecule has 10 nitrogen and oxygen atoms in total. The Morgan fingerprint density at radius 3 is 2.26 bits per heavy atom. The molecular weight excluding hydrogens is 545 g/mol. The third kappa shape index (κ3) is 4.26. The fraction of sp³-hybridized carbons (Fsp3) is 0.387. The van der Waals surface area contributed by atoms with Crippen LogP contribution in [0.5, 0.6) is 5.75 Å². The van der Waals surface area contributed by atoms with Crippen molar-refractivity contribution in [2.75, 3.05) is 33.1 Å². The number of amides is 1. The summed E-state index contributed by atoms with van der Waals surface area (Å²) in [6.07, 6.45) is 3.34. The number of rotatable bonds is 5. The highest BCUT2D eigenvalue weighted by Crippen LogP contribution is 2.52. The highest BCUT2D eigenvalue weighted by Gasteiger charge is 2.69. The Labute approximate surface area is 241 Å². The molecule has 0 aliphatic heterocycles. The summed E-state index contributed by atoms with van der Waals surface area (Å²) in [5.41, 5.74) is 4.54. The summed E-state index contributed by atoms with van der Waals surface area (Å²) < 4.78 is 13.3. The number of phenols is 1. The molecule has 1 amide bonds. The number of carbonyl (C=O) groups excluding carboxylic acids is 5. The average Bonchev–Trinajstić information content (AvgIpc) is 2.90. The molecule has 2 unspecified atom stereocenters. The topological polar surface area (TPSA) is 158 Å². The molecule has 2 fully saturated rings. The van der Waals surface area contributed by atoms with E-state index < -0.39 is 70.2 Å². The lowest BCUT2D eigenvalue weighted by Crippen LogP contribution is -2.74. The Balaban J connectivity index is 1.63. The van der Waals surface area contributed by atoms with Crippen LogP contribution in [0.1, 0.15) is 33.5 Å². The van der Waals surface area contributed by atoms with Gasteiger partial charge in [0.15, 0.2) is 34.7 Å². The maximum Gasteiger partial charge on any atom is 0.235 e. The summed E-state index contributed by atoms with van der Waals surface area (Å²) in [5, 5.41) is 23.1. The first-order valence-electron chi connectivity index (χ1n) is 13.5. The van der Waals surface area contributed by atoms with E-state index in [4.69, 9.17) is 5.73 Å². The number of benzene rings is 2. The van der Waals surface area contributed by atoms with Crippen LogP contribution < -0.4 is 10.6 Å². The standard InChI is InChI=1S/C31H32FN3O7/c1-34(2)20-13-15(8-5-14-6-9-17(32)10-7-14)25(36)22-18(20)11-16-12-19-24(35(3)4)27(38)23(30(33)41)29(40)31(19,42)28(39)21(16)26(22)37/h5-10,13,16,19,21,23-24,36,42H,11-12H2,1-4H3,(H2,33,41)/b8-5+/t16-,19-,21?,23?,24-,31-/m1/s1. The zero-order chi connectivity index (χ0) is 30.8. The number of fused-ring (bicyclic) bond motifs is 3. The molecule has 2 aromatic rings. The van der Waals surface area contributed by atoms with Crippen molar-refractivity contribution in [3.63, 3.8) is 0 Å². The number of Topliss-reactive ketones (excluding diaryl/α,β-unsaturated/α-hetero) is 4. The molecule has 0 aromatic heterocycles. The Hall–Kier alpha value is -4.22. The van der Waals surface area contributed by atoms with Crippen molar-refractivity contribution in [1.82, 2.24) is 4.90 Å². The zero-order valence-corrected chi connectivity index (χ0v) is 23.6. The van der Waals surface area contributed by atoms with Crippen LogP contribution >= 0.6 is 0 Å². The second kappa shape index (κ2) is 10.2. The Morgan fingerprint density at radius 1 is 1.05 bits per heavy atom. The summed E-state index contributed by atoms with van der Waals surface area (Å²) in [7, 11) is 6.62. The van der Waals surface area contributed by atoms with Crippen LogP contribution in [0.4, 0.5) is 10.1 Å². The van der Waals surface area contributed by atoms with Crippen molar-refractivity contribution < 1.29 is 38.6 Å². The van der Waals surface area contributed by atoms with Crippen LogP contribution in [-0.4, -0.2) is 84.0 Å². The Morgan fingerprint density at radius 2 is 1.69 bits per heavy atom.